The molecular formula is C22H19N3O3. The highest BCUT2D eigenvalue weighted by molar-refractivity contribution is 6.14. The molecule has 2 aromatic carbocycles. The van der Waals surface area contributed by atoms with E-state index >= 15 is 0 Å². The van der Waals surface area contributed by atoms with Crippen molar-refractivity contribution in [2.75, 3.05) is 31.2 Å². The van der Waals surface area contributed by atoms with E-state index in [9.17, 15) is 4.79 Å². The zero-order chi connectivity index (χ0) is 18.7. The van der Waals surface area contributed by atoms with E-state index in [1.165, 1.54) is 0 Å². The number of hydrogen-bond donors (Lipinski definition) is 1. The number of amidine groups is 1. The van der Waals surface area contributed by atoms with Crippen molar-refractivity contribution < 1.29 is 14.3 Å². The smallest absolute Gasteiger partial charge is 0.246 e. The molecule has 0 saturated heterocycles. The molecule has 140 valence electrons. The third-order valence-corrected chi connectivity index (χ3v) is 6.02. The van der Waals surface area contributed by atoms with Gasteiger partial charge in [0.05, 0.1) is 19.7 Å². The van der Waals surface area contributed by atoms with Crippen molar-refractivity contribution in [1.29, 1.82) is 0 Å². The lowest BCUT2D eigenvalue weighted by Gasteiger charge is -2.24. The van der Waals surface area contributed by atoms with Gasteiger partial charge in [-0.05, 0) is 29.3 Å². The van der Waals surface area contributed by atoms with Crippen molar-refractivity contribution in [1.82, 2.24) is 5.32 Å². The van der Waals surface area contributed by atoms with E-state index in [1.54, 1.807) is 0 Å². The van der Waals surface area contributed by atoms with Crippen LogP contribution in [-0.2, 0) is 16.6 Å². The Labute approximate surface area is 162 Å². The predicted octanol–water partition coefficient (Wildman–Crippen LogP) is 2.16. The fourth-order valence-electron chi connectivity index (χ4n) is 4.67. The van der Waals surface area contributed by atoms with E-state index < -0.39 is 5.41 Å². The molecule has 0 aliphatic carbocycles. The van der Waals surface area contributed by atoms with E-state index in [4.69, 9.17) is 9.47 Å². The summed E-state index contributed by atoms with van der Waals surface area (Å²) >= 11 is 0. The molecule has 1 unspecified atom stereocenters. The molecule has 4 heterocycles. The first-order chi connectivity index (χ1) is 13.8. The highest BCUT2D eigenvalue weighted by atomic mass is 16.5. The SMILES string of the molecule is O=C1N(CC2=NCC=CN2)c2ccccc2C12COc1cc3c(cc12)CCO3. The van der Waals surface area contributed by atoms with Crippen LogP contribution in [0.15, 0.2) is 53.7 Å². The maximum atomic E-state index is 13.8. The van der Waals surface area contributed by atoms with Gasteiger partial charge in [0, 0.05) is 29.9 Å². The number of nitrogens with zero attached hydrogens (tertiary/aromatic N) is 2. The maximum absolute atomic E-state index is 13.8. The van der Waals surface area contributed by atoms with Crippen LogP contribution in [-0.4, -0.2) is 38.0 Å². The highest BCUT2D eigenvalue weighted by Crippen LogP contribution is 2.53. The quantitative estimate of drug-likeness (QED) is 0.876. The molecule has 1 spiro atoms. The number of aliphatic imine (C=N–C) groups is 1. The number of benzene rings is 2. The molecule has 0 radical (unpaired) electrons. The van der Waals surface area contributed by atoms with Crippen LogP contribution in [0, 0.1) is 0 Å². The van der Waals surface area contributed by atoms with Gasteiger partial charge < -0.3 is 19.7 Å². The van der Waals surface area contributed by atoms with Gasteiger partial charge in [0.15, 0.2) is 0 Å². The maximum Gasteiger partial charge on any atom is 0.246 e. The molecule has 6 heteroatoms. The zero-order valence-corrected chi connectivity index (χ0v) is 15.3. The number of carbonyl (C=O) groups is 1. The Morgan fingerprint density at radius 2 is 2.07 bits per heavy atom. The van der Waals surface area contributed by atoms with Crippen LogP contribution >= 0.6 is 0 Å². The van der Waals surface area contributed by atoms with Crippen molar-refractivity contribution in [3.05, 3.63) is 65.4 Å². The summed E-state index contributed by atoms with van der Waals surface area (Å²) in [5.74, 6) is 2.47. The molecule has 6 nitrogen and oxygen atoms in total. The second-order valence-corrected chi connectivity index (χ2v) is 7.49. The van der Waals surface area contributed by atoms with E-state index in [-0.39, 0.29) is 5.91 Å². The fourth-order valence-corrected chi connectivity index (χ4v) is 4.67. The largest absolute Gasteiger partial charge is 0.493 e. The van der Waals surface area contributed by atoms with Gasteiger partial charge in [-0.3, -0.25) is 9.79 Å². The Morgan fingerprint density at radius 3 is 2.96 bits per heavy atom. The number of hydrogen-bond acceptors (Lipinski definition) is 5. The van der Waals surface area contributed by atoms with Gasteiger partial charge in [0.2, 0.25) is 5.91 Å². The van der Waals surface area contributed by atoms with Crippen LogP contribution in [0.5, 0.6) is 11.5 Å². The number of carbonyl (C=O) groups excluding carboxylic acids is 1. The number of fused-ring (bicyclic) bond motifs is 5. The monoisotopic (exact) mass is 373 g/mol. The molecule has 2 aromatic rings. The summed E-state index contributed by atoms with van der Waals surface area (Å²) in [5, 5.41) is 3.16. The third kappa shape index (κ3) is 1.97. The number of ether oxygens (including phenoxy) is 2. The fraction of sp³-hybridized carbons (Fsp3) is 0.273. The van der Waals surface area contributed by atoms with Crippen LogP contribution < -0.4 is 19.7 Å². The van der Waals surface area contributed by atoms with Crippen molar-refractivity contribution in [2.24, 2.45) is 4.99 Å². The molecule has 0 bridgehead atoms. The average Bonchev–Trinajstić information content (AvgIpc) is 3.40. The Balaban J connectivity index is 1.49. The lowest BCUT2D eigenvalue weighted by molar-refractivity contribution is -0.121. The van der Waals surface area contributed by atoms with Crippen LogP contribution in [0.3, 0.4) is 0 Å². The van der Waals surface area contributed by atoms with Crippen molar-refractivity contribution >= 4 is 17.4 Å². The van der Waals surface area contributed by atoms with Crippen molar-refractivity contribution in [2.45, 2.75) is 11.8 Å². The van der Waals surface area contributed by atoms with Crippen molar-refractivity contribution in [3.63, 3.8) is 0 Å². The number of anilines is 1. The topological polar surface area (TPSA) is 63.2 Å². The van der Waals surface area contributed by atoms with Gasteiger partial charge in [-0.15, -0.1) is 0 Å². The number of rotatable bonds is 2. The Morgan fingerprint density at radius 1 is 1.14 bits per heavy atom. The van der Waals surface area contributed by atoms with Gasteiger partial charge in [-0.2, -0.15) is 0 Å². The third-order valence-electron chi connectivity index (χ3n) is 6.02. The van der Waals surface area contributed by atoms with Gasteiger partial charge >= 0.3 is 0 Å². The molecular weight excluding hydrogens is 354 g/mol. The average molecular weight is 373 g/mol. The van der Waals surface area contributed by atoms with Crippen LogP contribution in [0.25, 0.3) is 0 Å². The molecule has 4 aliphatic rings. The Hall–Kier alpha value is -3.28. The number of amides is 1. The number of para-hydroxylation sites is 1. The molecule has 28 heavy (non-hydrogen) atoms. The predicted molar refractivity (Wildman–Crippen MR) is 105 cm³/mol. The minimum absolute atomic E-state index is 0.0466. The second kappa shape index (κ2) is 5.61. The van der Waals surface area contributed by atoms with E-state index in [0.29, 0.717) is 26.3 Å². The lowest BCUT2D eigenvalue weighted by atomic mass is 9.76. The van der Waals surface area contributed by atoms with Gasteiger partial charge in [0.25, 0.3) is 0 Å². The molecule has 0 aromatic heterocycles. The summed E-state index contributed by atoms with van der Waals surface area (Å²) in [7, 11) is 0. The molecule has 0 fully saturated rings. The van der Waals surface area contributed by atoms with Gasteiger partial charge in [-0.25, -0.2) is 0 Å². The first-order valence-electron chi connectivity index (χ1n) is 9.57. The normalized spacial score (nSPS) is 23.6. The zero-order valence-electron chi connectivity index (χ0n) is 15.3. The van der Waals surface area contributed by atoms with E-state index in [2.05, 4.69) is 16.4 Å². The summed E-state index contributed by atoms with van der Waals surface area (Å²) in [5.41, 5.74) is 3.24. The van der Waals surface area contributed by atoms with Gasteiger partial charge in [-0.1, -0.05) is 18.2 Å². The summed E-state index contributed by atoms with van der Waals surface area (Å²) < 4.78 is 11.7. The number of nitrogens with one attached hydrogen (secondary N) is 1. The molecule has 6 rings (SSSR count). The van der Waals surface area contributed by atoms with Crippen molar-refractivity contribution in [3.8, 4) is 11.5 Å². The summed E-state index contributed by atoms with van der Waals surface area (Å²) in [6, 6.07) is 12.1. The van der Waals surface area contributed by atoms with Crippen LogP contribution in [0.4, 0.5) is 5.69 Å². The Bertz CT molecular complexity index is 1070. The van der Waals surface area contributed by atoms with Crippen LogP contribution in [0.2, 0.25) is 0 Å². The first-order valence-corrected chi connectivity index (χ1v) is 9.57. The molecule has 1 amide bonds. The van der Waals surface area contributed by atoms with Gasteiger partial charge in [0.1, 0.15) is 29.4 Å². The highest BCUT2D eigenvalue weighted by Gasteiger charge is 2.57. The molecule has 1 N–H and O–H groups in total. The lowest BCUT2D eigenvalue weighted by Crippen LogP contribution is -2.46. The molecule has 4 aliphatic heterocycles. The minimum Gasteiger partial charge on any atom is -0.493 e. The molecule has 1 atom stereocenters. The minimum atomic E-state index is -0.797. The van der Waals surface area contributed by atoms with E-state index in [0.717, 1.165) is 46.1 Å². The summed E-state index contributed by atoms with van der Waals surface area (Å²) in [6.07, 6.45) is 4.70. The van der Waals surface area contributed by atoms with Crippen LogP contribution in [0.1, 0.15) is 16.7 Å². The standard InChI is InChI=1S/C22H19N3O3/c26-21-22(13-28-19-11-18-14(6-9-27-18)10-16(19)22)15-4-1-2-5-17(15)25(21)12-20-23-7-3-8-24-20/h1-5,7,10-11H,6,8-9,12-13H2,(H,23,24). The summed E-state index contributed by atoms with van der Waals surface area (Å²) in [4.78, 5) is 20.2. The summed E-state index contributed by atoms with van der Waals surface area (Å²) in [6.45, 7) is 2.05. The second-order valence-electron chi connectivity index (χ2n) is 7.49. The first kappa shape index (κ1) is 15.7. The molecule has 0 saturated carbocycles. The van der Waals surface area contributed by atoms with E-state index in [1.807, 2.05) is 47.5 Å². The Kier molecular flexibility index (Phi) is 3.15.